The first-order valence-corrected chi connectivity index (χ1v) is 8.23. The van der Waals surface area contributed by atoms with Crippen molar-refractivity contribution < 1.29 is 0 Å². The molecule has 0 bridgehead atoms. The third-order valence-electron chi connectivity index (χ3n) is 5.64. The zero-order valence-corrected chi connectivity index (χ0v) is 13.4. The number of hydrogen-bond donors (Lipinski definition) is 0. The first kappa shape index (κ1) is 13.8. The zero-order valence-electron chi connectivity index (χ0n) is 13.4. The molecule has 1 heterocycles. The Hall–Kier alpha value is -1.86. The Kier molecular flexibility index (Phi) is 3.19. The van der Waals surface area contributed by atoms with Crippen LogP contribution in [0.15, 0.2) is 72.3 Å². The van der Waals surface area contributed by atoms with Gasteiger partial charge in [0.25, 0.3) is 0 Å². The number of rotatable bonds is 3. The molecule has 1 aliphatic heterocycles. The highest BCUT2D eigenvalue weighted by molar-refractivity contribution is 5.48. The molecule has 1 saturated carbocycles. The number of fused-ring (bicyclic) bond motifs is 1. The summed E-state index contributed by atoms with van der Waals surface area (Å²) in [4.78, 5) is 2.67. The molecule has 2 aromatic rings. The van der Waals surface area contributed by atoms with E-state index in [4.69, 9.17) is 0 Å². The predicted octanol–water partition coefficient (Wildman–Crippen LogP) is 4.40. The SMILES string of the molecule is C/C=C1\CN(Cc2ccccc2)[C@@H]2[C@H]1C2(C)c1ccccc1. The number of hydrogen-bond acceptors (Lipinski definition) is 1. The summed E-state index contributed by atoms with van der Waals surface area (Å²) < 4.78 is 0. The number of likely N-dealkylation sites (tertiary alicyclic amines) is 1. The van der Waals surface area contributed by atoms with E-state index in [1.165, 1.54) is 11.1 Å². The van der Waals surface area contributed by atoms with Crippen LogP contribution in [0.4, 0.5) is 0 Å². The van der Waals surface area contributed by atoms with E-state index in [1.807, 2.05) is 0 Å². The Morgan fingerprint density at radius 3 is 2.32 bits per heavy atom. The molecule has 1 aliphatic carbocycles. The van der Waals surface area contributed by atoms with E-state index in [2.05, 4.69) is 85.5 Å². The van der Waals surface area contributed by atoms with Crippen LogP contribution in [0, 0.1) is 5.92 Å². The minimum absolute atomic E-state index is 0.288. The molecule has 0 N–H and O–H groups in total. The fourth-order valence-electron chi connectivity index (χ4n) is 4.49. The van der Waals surface area contributed by atoms with Crippen LogP contribution in [-0.2, 0) is 12.0 Å². The molecule has 0 aromatic heterocycles. The summed E-state index contributed by atoms with van der Waals surface area (Å²) in [6, 6.07) is 22.6. The Bertz CT molecular complexity index is 688. The summed E-state index contributed by atoms with van der Waals surface area (Å²) in [5, 5.41) is 0. The van der Waals surface area contributed by atoms with Gasteiger partial charge in [0.05, 0.1) is 0 Å². The van der Waals surface area contributed by atoms with Gasteiger partial charge in [-0.3, -0.25) is 4.90 Å². The van der Waals surface area contributed by atoms with E-state index in [9.17, 15) is 0 Å². The lowest BCUT2D eigenvalue weighted by Crippen LogP contribution is -2.30. The Morgan fingerprint density at radius 2 is 1.68 bits per heavy atom. The smallest absolute Gasteiger partial charge is 0.0278 e. The van der Waals surface area contributed by atoms with Crippen molar-refractivity contribution >= 4 is 0 Å². The molecule has 1 nitrogen and oxygen atoms in total. The monoisotopic (exact) mass is 289 g/mol. The van der Waals surface area contributed by atoms with Gasteiger partial charge in [-0.05, 0) is 18.1 Å². The molecule has 2 aromatic carbocycles. The molecule has 2 aliphatic rings. The van der Waals surface area contributed by atoms with Crippen LogP contribution in [0.2, 0.25) is 0 Å². The van der Waals surface area contributed by atoms with Crippen molar-refractivity contribution in [3.8, 4) is 0 Å². The molecular formula is C21H23N. The molecule has 112 valence electrons. The van der Waals surface area contributed by atoms with Crippen molar-refractivity contribution in [2.24, 2.45) is 5.92 Å². The second-order valence-electron chi connectivity index (χ2n) is 6.83. The Balaban J connectivity index is 1.64. The van der Waals surface area contributed by atoms with E-state index in [0.29, 0.717) is 12.0 Å². The first-order valence-electron chi connectivity index (χ1n) is 8.23. The predicted molar refractivity (Wildman–Crippen MR) is 91.7 cm³/mol. The van der Waals surface area contributed by atoms with E-state index in [1.54, 1.807) is 5.57 Å². The van der Waals surface area contributed by atoms with Crippen LogP contribution >= 0.6 is 0 Å². The fourth-order valence-corrected chi connectivity index (χ4v) is 4.49. The highest BCUT2D eigenvalue weighted by Crippen LogP contribution is 2.64. The van der Waals surface area contributed by atoms with Crippen molar-refractivity contribution in [3.63, 3.8) is 0 Å². The van der Waals surface area contributed by atoms with E-state index in [0.717, 1.165) is 13.1 Å². The van der Waals surface area contributed by atoms with E-state index < -0.39 is 0 Å². The summed E-state index contributed by atoms with van der Waals surface area (Å²) in [6.07, 6.45) is 2.34. The molecule has 1 saturated heterocycles. The summed E-state index contributed by atoms with van der Waals surface area (Å²) in [5.74, 6) is 0.698. The second kappa shape index (κ2) is 5.10. The summed E-state index contributed by atoms with van der Waals surface area (Å²) in [5.41, 5.74) is 4.81. The molecule has 3 atom stereocenters. The van der Waals surface area contributed by atoms with Crippen LogP contribution < -0.4 is 0 Å². The van der Waals surface area contributed by atoms with Gasteiger partial charge in [-0.1, -0.05) is 79.2 Å². The van der Waals surface area contributed by atoms with Crippen molar-refractivity contribution in [1.29, 1.82) is 0 Å². The number of benzene rings is 2. The normalized spacial score (nSPS) is 32.2. The van der Waals surface area contributed by atoms with Crippen molar-refractivity contribution in [3.05, 3.63) is 83.4 Å². The number of nitrogens with zero attached hydrogens (tertiary/aromatic N) is 1. The topological polar surface area (TPSA) is 3.24 Å². The number of allylic oxidation sites excluding steroid dienone is 1. The molecule has 0 radical (unpaired) electrons. The number of piperidine rings is 1. The quantitative estimate of drug-likeness (QED) is 0.757. The Labute approximate surface area is 133 Å². The lowest BCUT2D eigenvalue weighted by Gasteiger charge is -2.26. The largest absolute Gasteiger partial charge is 0.291 e. The second-order valence-corrected chi connectivity index (χ2v) is 6.83. The van der Waals surface area contributed by atoms with Crippen LogP contribution in [0.25, 0.3) is 0 Å². The van der Waals surface area contributed by atoms with E-state index in [-0.39, 0.29) is 5.41 Å². The summed E-state index contributed by atoms with van der Waals surface area (Å²) >= 11 is 0. The molecule has 1 heteroatoms. The van der Waals surface area contributed by atoms with Gasteiger partial charge in [-0.2, -0.15) is 0 Å². The average Bonchev–Trinajstić information content (AvgIpc) is 3.02. The van der Waals surface area contributed by atoms with Gasteiger partial charge in [0.15, 0.2) is 0 Å². The maximum Gasteiger partial charge on any atom is 0.0278 e. The molecule has 22 heavy (non-hydrogen) atoms. The highest BCUT2D eigenvalue weighted by Gasteiger charge is 2.68. The first-order chi connectivity index (χ1) is 10.7. The minimum Gasteiger partial charge on any atom is -0.291 e. The third kappa shape index (κ3) is 1.96. The lowest BCUT2D eigenvalue weighted by molar-refractivity contribution is 0.275. The molecule has 1 unspecified atom stereocenters. The summed E-state index contributed by atoms with van der Waals surface area (Å²) in [6.45, 7) is 6.82. The van der Waals surface area contributed by atoms with Crippen molar-refractivity contribution in [2.45, 2.75) is 31.8 Å². The van der Waals surface area contributed by atoms with Crippen LogP contribution in [-0.4, -0.2) is 17.5 Å². The van der Waals surface area contributed by atoms with Crippen LogP contribution in [0.5, 0.6) is 0 Å². The van der Waals surface area contributed by atoms with E-state index >= 15 is 0 Å². The zero-order chi connectivity index (χ0) is 15.2. The molecule has 0 spiro atoms. The van der Waals surface area contributed by atoms with Crippen LogP contribution in [0.3, 0.4) is 0 Å². The van der Waals surface area contributed by atoms with Gasteiger partial charge in [0.1, 0.15) is 0 Å². The third-order valence-corrected chi connectivity index (χ3v) is 5.64. The highest BCUT2D eigenvalue weighted by atomic mass is 15.3. The fraction of sp³-hybridized carbons (Fsp3) is 0.333. The Morgan fingerprint density at radius 1 is 1.05 bits per heavy atom. The maximum absolute atomic E-state index is 2.67. The lowest BCUT2D eigenvalue weighted by atomic mass is 9.91. The van der Waals surface area contributed by atoms with Gasteiger partial charge < -0.3 is 0 Å². The molecule has 4 rings (SSSR count). The molecule has 2 fully saturated rings. The average molecular weight is 289 g/mol. The van der Waals surface area contributed by atoms with Gasteiger partial charge in [-0.25, -0.2) is 0 Å². The maximum atomic E-state index is 2.67. The van der Waals surface area contributed by atoms with Crippen molar-refractivity contribution in [2.75, 3.05) is 6.54 Å². The van der Waals surface area contributed by atoms with Crippen LogP contribution in [0.1, 0.15) is 25.0 Å². The standard InChI is InChI=1S/C21H23N/c1-3-17-15-22(14-16-10-6-4-7-11-16)20-19(17)21(20,2)18-12-8-5-9-13-18/h3-13,19-20H,14-15H2,1-2H3/b17-3+/t19-,20+,21?/m0/s1. The van der Waals surface area contributed by atoms with Gasteiger partial charge in [0.2, 0.25) is 0 Å². The molecular weight excluding hydrogens is 266 g/mol. The van der Waals surface area contributed by atoms with Gasteiger partial charge in [0, 0.05) is 30.5 Å². The van der Waals surface area contributed by atoms with Gasteiger partial charge in [-0.15, -0.1) is 0 Å². The minimum atomic E-state index is 0.288. The van der Waals surface area contributed by atoms with Gasteiger partial charge >= 0.3 is 0 Å². The summed E-state index contributed by atoms with van der Waals surface area (Å²) in [7, 11) is 0. The molecule has 0 amide bonds. The van der Waals surface area contributed by atoms with Crippen molar-refractivity contribution in [1.82, 2.24) is 4.90 Å².